The standard InChI is InChI=1S/C28H27BrN2O5/c1-35-23-11-12-25(29)24(19-23)28(34)31-17-15-30(16-18-31)27(33)14-13-26(32)20-7-9-22(10-8-20)36-21-5-3-2-4-6-21/h2-12,19H,13-18H2,1H3. The van der Waals surface area contributed by atoms with E-state index >= 15 is 0 Å². The SMILES string of the molecule is COc1ccc(Br)c(C(=O)N2CCN(C(=O)CCC(=O)c3ccc(Oc4ccccc4)cc3)CC2)c1. The number of piperazine rings is 1. The van der Waals surface area contributed by atoms with Crippen LogP contribution in [0.15, 0.2) is 77.3 Å². The zero-order valence-electron chi connectivity index (χ0n) is 20.0. The molecule has 36 heavy (non-hydrogen) atoms. The van der Waals surface area contributed by atoms with Gasteiger partial charge in [-0.1, -0.05) is 18.2 Å². The van der Waals surface area contributed by atoms with Crippen LogP contribution in [0.2, 0.25) is 0 Å². The number of halogens is 1. The predicted octanol–water partition coefficient (Wildman–Crippen LogP) is 5.20. The number of ether oxygens (including phenoxy) is 2. The van der Waals surface area contributed by atoms with E-state index in [2.05, 4.69) is 15.9 Å². The van der Waals surface area contributed by atoms with Crippen LogP contribution >= 0.6 is 15.9 Å². The second-order valence-electron chi connectivity index (χ2n) is 8.38. The lowest BCUT2D eigenvalue weighted by molar-refractivity contribution is -0.132. The summed E-state index contributed by atoms with van der Waals surface area (Å²) in [6, 6.07) is 21.6. The predicted molar refractivity (Wildman–Crippen MR) is 140 cm³/mol. The number of methoxy groups -OCH3 is 1. The van der Waals surface area contributed by atoms with Crippen molar-refractivity contribution in [1.29, 1.82) is 0 Å². The highest BCUT2D eigenvalue weighted by Crippen LogP contribution is 2.25. The Morgan fingerprint density at radius 3 is 2.06 bits per heavy atom. The van der Waals surface area contributed by atoms with E-state index < -0.39 is 0 Å². The average Bonchev–Trinajstić information content (AvgIpc) is 2.92. The smallest absolute Gasteiger partial charge is 0.255 e. The van der Waals surface area contributed by atoms with Crippen LogP contribution in [0.4, 0.5) is 0 Å². The van der Waals surface area contributed by atoms with Crippen LogP contribution in [-0.2, 0) is 4.79 Å². The van der Waals surface area contributed by atoms with E-state index in [1.54, 1.807) is 59.4 Å². The summed E-state index contributed by atoms with van der Waals surface area (Å²) in [7, 11) is 1.56. The van der Waals surface area contributed by atoms with Gasteiger partial charge in [0.2, 0.25) is 5.91 Å². The lowest BCUT2D eigenvalue weighted by atomic mass is 10.1. The number of carbonyl (C=O) groups is 3. The topological polar surface area (TPSA) is 76.2 Å². The molecule has 1 heterocycles. The van der Waals surface area contributed by atoms with Crippen molar-refractivity contribution < 1.29 is 23.9 Å². The molecule has 0 aromatic heterocycles. The Morgan fingerprint density at radius 1 is 0.778 bits per heavy atom. The molecule has 0 saturated carbocycles. The van der Waals surface area contributed by atoms with Gasteiger partial charge in [-0.15, -0.1) is 0 Å². The molecule has 2 amide bonds. The minimum absolute atomic E-state index is 0.0814. The van der Waals surface area contributed by atoms with Gasteiger partial charge in [-0.2, -0.15) is 0 Å². The molecule has 7 nitrogen and oxygen atoms in total. The van der Waals surface area contributed by atoms with E-state index in [4.69, 9.17) is 9.47 Å². The maximum Gasteiger partial charge on any atom is 0.255 e. The maximum atomic E-state index is 12.9. The van der Waals surface area contributed by atoms with Gasteiger partial charge in [0.25, 0.3) is 5.91 Å². The lowest BCUT2D eigenvalue weighted by Gasteiger charge is -2.35. The molecule has 8 heteroatoms. The third kappa shape index (κ3) is 6.31. The summed E-state index contributed by atoms with van der Waals surface area (Å²) < 4.78 is 11.7. The summed E-state index contributed by atoms with van der Waals surface area (Å²) in [4.78, 5) is 41.7. The number of nitrogens with zero attached hydrogens (tertiary/aromatic N) is 2. The van der Waals surface area contributed by atoms with Crippen LogP contribution in [-0.4, -0.2) is 60.7 Å². The summed E-state index contributed by atoms with van der Waals surface area (Å²) >= 11 is 3.43. The van der Waals surface area contributed by atoms with Crippen LogP contribution in [0, 0.1) is 0 Å². The monoisotopic (exact) mass is 550 g/mol. The zero-order chi connectivity index (χ0) is 25.5. The molecule has 0 spiro atoms. The minimum Gasteiger partial charge on any atom is -0.497 e. The van der Waals surface area contributed by atoms with E-state index in [9.17, 15) is 14.4 Å². The Bertz CT molecular complexity index is 1220. The lowest BCUT2D eigenvalue weighted by Crippen LogP contribution is -2.50. The normalized spacial score (nSPS) is 13.3. The molecular weight excluding hydrogens is 524 g/mol. The van der Waals surface area contributed by atoms with Crippen molar-refractivity contribution in [1.82, 2.24) is 9.80 Å². The van der Waals surface area contributed by atoms with Crippen molar-refractivity contribution in [2.24, 2.45) is 0 Å². The van der Waals surface area contributed by atoms with Crippen LogP contribution in [0.3, 0.4) is 0 Å². The van der Waals surface area contributed by atoms with Gasteiger partial charge >= 0.3 is 0 Å². The highest BCUT2D eigenvalue weighted by Gasteiger charge is 2.26. The van der Waals surface area contributed by atoms with Gasteiger partial charge in [-0.05, 0) is 70.5 Å². The Balaban J connectivity index is 1.24. The molecule has 0 bridgehead atoms. The first-order chi connectivity index (χ1) is 17.4. The Kier molecular flexibility index (Phi) is 8.38. The van der Waals surface area contributed by atoms with Crippen molar-refractivity contribution >= 4 is 33.5 Å². The molecular formula is C28H27BrN2O5. The van der Waals surface area contributed by atoms with Crippen LogP contribution in [0.25, 0.3) is 0 Å². The van der Waals surface area contributed by atoms with Gasteiger partial charge in [0, 0.05) is 49.1 Å². The third-order valence-electron chi connectivity index (χ3n) is 6.04. The van der Waals surface area contributed by atoms with Gasteiger partial charge in [0.15, 0.2) is 5.78 Å². The first kappa shape index (κ1) is 25.4. The molecule has 1 aliphatic heterocycles. The zero-order valence-corrected chi connectivity index (χ0v) is 21.6. The van der Waals surface area contributed by atoms with Gasteiger partial charge in [0.05, 0.1) is 12.7 Å². The molecule has 0 aliphatic carbocycles. The second-order valence-corrected chi connectivity index (χ2v) is 9.24. The third-order valence-corrected chi connectivity index (χ3v) is 6.74. The minimum atomic E-state index is -0.109. The summed E-state index contributed by atoms with van der Waals surface area (Å²) in [6.07, 6.45) is 0.268. The molecule has 4 rings (SSSR count). The fourth-order valence-corrected chi connectivity index (χ4v) is 4.40. The fraction of sp³-hybridized carbons (Fsp3) is 0.250. The van der Waals surface area contributed by atoms with Crippen molar-refractivity contribution in [3.8, 4) is 17.2 Å². The second kappa shape index (κ2) is 11.9. The van der Waals surface area contributed by atoms with E-state index in [1.807, 2.05) is 30.3 Å². The summed E-state index contributed by atoms with van der Waals surface area (Å²) in [5, 5.41) is 0. The molecule has 1 aliphatic rings. The van der Waals surface area contributed by atoms with Crippen LogP contribution in [0.5, 0.6) is 17.2 Å². The first-order valence-corrected chi connectivity index (χ1v) is 12.5. The largest absolute Gasteiger partial charge is 0.497 e. The van der Waals surface area contributed by atoms with E-state index in [1.165, 1.54) is 0 Å². The number of benzene rings is 3. The van der Waals surface area contributed by atoms with Crippen LogP contribution in [0.1, 0.15) is 33.6 Å². The van der Waals surface area contributed by atoms with Crippen molar-refractivity contribution in [3.63, 3.8) is 0 Å². The number of ketones is 1. The number of hydrogen-bond acceptors (Lipinski definition) is 5. The quantitative estimate of drug-likeness (QED) is 0.360. The molecule has 0 atom stereocenters. The van der Waals surface area contributed by atoms with Gasteiger partial charge in [-0.3, -0.25) is 14.4 Å². The first-order valence-electron chi connectivity index (χ1n) is 11.7. The molecule has 0 radical (unpaired) electrons. The summed E-state index contributed by atoms with van der Waals surface area (Å²) in [5.41, 5.74) is 1.07. The highest BCUT2D eigenvalue weighted by atomic mass is 79.9. The number of amides is 2. The van der Waals surface area contributed by atoms with E-state index in [0.717, 1.165) is 5.75 Å². The van der Waals surface area contributed by atoms with E-state index in [-0.39, 0.29) is 30.4 Å². The molecule has 186 valence electrons. The van der Waals surface area contributed by atoms with Crippen molar-refractivity contribution in [2.75, 3.05) is 33.3 Å². The average molecular weight is 551 g/mol. The Labute approximate surface area is 218 Å². The Hall–Kier alpha value is -3.65. The molecule has 1 saturated heterocycles. The molecule has 0 unspecified atom stereocenters. The molecule has 3 aromatic rings. The molecule has 1 fully saturated rings. The van der Waals surface area contributed by atoms with Crippen molar-refractivity contribution in [3.05, 3.63) is 88.4 Å². The highest BCUT2D eigenvalue weighted by molar-refractivity contribution is 9.10. The number of hydrogen-bond donors (Lipinski definition) is 0. The number of carbonyl (C=O) groups excluding carboxylic acids is 3. The Morgan fingerprint density at radius 2 is 1.39 bits per heavy atom. The molecule has 0 N–H and O–H groups in total. The number of rotatable bonds is 8. The summed E-state index contributed by atoms with van der Waals surface area (Å²) in [6.45, 7) is 1.74. The maximum absolute atomic E-state index is 12.9. The number of Topliss-reactive ketones (excluding diaryl/α,β-unsaturated/α-hetero) is 1. The van der Waals surface area contributed by atoms with E-state index in [0.29, 0.717) is 53.3 Å². The number of para-hydroxylation sites is 1. The van der Waals surface area contributed by atoms with Crippen LogP contribution < -0.4 is 9.47 Å². The van der Waals surface area contributed by atoms with Gasteiger partial charge < -0.3 is 19.3 Å². The van der Waals surface area contributed by atoms with Gasteiger partial charge in [-0.25, -0.2) is 0 Å². The van der Waals surface area contributed by atoms with Crippen molar-refractivity contribution in [2.45, 2.75) is 12.8 Å². The summed E-state index contributed by atoms with van der Waals surface area (Å²) in [5.74, 6) is 1.69. The molecule has 3 aromatic carbocycles. The van der Waals surface area contributed by atoms with Gasteiger partial charge in [0.1, 0.15) is 17.2 Å². The fourth-order valence-electron chi connectivity index (χ4n) is 3.98.